The second-order valence-electron chi connectivity index (χ2n) is 3.62. The van der Waals surface area contributed by atoms with E-state index in [4.69, 9.17) is 5.41 Å². The van der Waals surface area contributed by atoms with Crippen LogP contribution in [-0.4, -0.2) is 23.8 Å². The molecular weight excluding hydrogens is 148 g/mol. The maximum Gasteiger partial charge on any atom is 0.0983 e. The van der Waals surface area contributed by atoms with Crippen molar-refractivity contribution in [3.63, 3.8) is 0 Å². The fourth-order valence-corrected chi connectivity index (χ4v) is 1.44. The Morgan fingerprint density at radius 3 is 1.92 bits per heavy atom. The molecule has 0 aliphatic rings. The van der Waals surface area contributed by atoms with Crippen molar-refractivity contribution in [3.05, 3.63) is 0 Å². The standard InChI is InChI=1S/C10H22N2/c1-6-9(7-2)12(5)10(11)8(3)4/h8-9,11H,6-7H2,1-5H3. The van der Waals surface area contributed by atoms with Crippen LogP contribution in [0.15, 0.2) is 0 Å². The largest absolute Gasteiger partial charge is 0.360 e. The third kappa shape index (κ3) is 2.84. The van der Waals surface area contributed by atoms with Gasteiger partial charge in [-0.25, -0.2) is 0 Å². The molecule has 0 saturated carbocycles. The molecule has 0 aromatic rings. The fourth-order valence-electron chi connectivity index (χ4n) is 1.44. The maximum atomic E-state index is 7.81. The van der Waals surface area contributed by atoms with Crippen molar-refractivity contribution in [3.8, 4) is 0 Å². The minimum Gasteiger partial charge on any atom is -0.360 e. The highest BCUT2D eigenvalue weighted by molar-refractivity contribution is 5.80. The summed E-state index contributed by atoms with van der Waals surface area (Å²) in [6, 6.07) is 0.542. The molecule has 0 unspecified atom stereocenters. The molecule has 0 amide bonds. The summed E-state index contributed by atoms with van der Waals surface area (Å²) in [5.74, 6) is 1.10. The van der Waals surface area contributed by atoms with E-state index < -0.39 is 0 Å². The molecule has 0 bridgehead atoms. The molecule has 0 aliphatic carbocycles. The van der Waals surface area contributed by atoms with Crippen molar-refractivity contribution in [2.75, 3.05) is 7.05 Å². The maximum absolute atomic E-state index is 7.81. The average Bonchev–Trinajstić information content (AvgIpc) is 2.05. The van der Waals surface area contributed by atoms with Crippen molar-refractivity contribution in [1.82, 2.24) is 4.90 Å². The van der Waals surface area contributed by atoms with Crippen LogP contribution in [0.3, 0.4) is 0 Å². The third-order valence-corrected chi connectivity index (χ3v) is 2.42. The zero-order valence-electron chi connectivity index (χ0n) is 9.02. The number of nitrogens with zero attached hydrogens (tertiary/aromatic N) is 1. The minimum absolute atomic E-state index is 0.343. The number of nitrogens with one attached hydrogen (secondary N) is 1. The molecule has 1 N–H and O–H groups in total. The Labute approximate surface area is 76.5 Å². The van der Waals surface area contributed by atoms with Gasteiger partial charge >= 0.3 is 0 Å². The lowest BCUT2D eigenvalue weighted by molar-refractivity contribution is 0.330. The van der Waals surface area contributed by atoms with Crippen LogP contribution in [0.25, 0.3) is 0 Å². The Bertz CT molecular complexity index is 137. The zero-order valence-corrected chi connectivity index (χ0v) is 9.02. The van der Waals surface area contributed by atoms with Gasteiger partial charge in [-0.05, 0) is 12.8 Å². The number of hydrogen-bond acceptors (Lipinski definition) is 1. The molecule has 0 heterocycles. The van der Waals surface area contributed by atoms with Crippen molar-refractivity contribution in [2.45, 2.75) is 46.6 Å². The summed E-state index contributed by atoms with van der Waals surface area (Å²) in [5.41, 5.74) is 0. The van der Waals surface area contributed by atoms with Crippen LogP contribution in [0.1, 0.15) is 40.5 Å². The highest BCUT2D eigenvalue weighted by Gasteiger charge is 2.15. The Morgan fingerprint density at radius 1 is 1.25 bits per heavy atom. The Morgan fingerprint density at radius 2 is 1.67 bits per heavy atom. The van der Waals surface area contributed by atoms with E-state index in [0.29, 0.717) is 12.0 Å². The molecule has 0 saturated heterocycles. The van der Waals surface area contributed by atoms with Crippen molar-refractivity contribution < 1.29 is 0 Å². The number of rotatable bonds is 4. The molecule has 0 aromatic carbocycles. The summed E-state index contributed by atoms with van der Waals surface area (Å²) < 4.78 is 0. The molecule has 12 heavy (non-hydrogen) atoms. The van der Waals surface area contributed by atoms with Gasteiger partial charge in [0, 0.05) is 19.0 Å². The fraction of sp³-hybridized carbons (Fsp3) is 0.900. The second-order valence-corrected chi connectivity index (χ2v) is 3.62. The smallest absolute Gasteiger partial charge is 0.0983 e. The molecule has 0 spiro atoms. The first-order valence-electron chi connectivity index (χ1n) is 4.85. The molecule has 2 heteroatoms. The average molecular weight is 170 g/mol. The topological polar surface area (TPSA) is 27.1 Å². The van der Waals surface area contributed by atoms with Gasteiger partial charge in [0.15, 0.2) is 0 Å². The van der Waals surface area contributed by atoms with Gasteiger partial charge in [0.1, 0.15) is 0 Å². The van der Waals surface area contributed by atoms with E-state index in [-0.39, 0.29) is 0 Å². The first kappa shape index (κ1) is 11.5. The van der Waals surface area contributed by atoms with Crippen molar-refractivity contribution >= 4 is 5.84 Å². The normalized spacial score (nSPS) is 10.9. The van der Waals surface area contributed by atoms with E-state index in [1.54, 1.807) is 0 Å². The van der Waals surface area contributed by atoms with Gasteiger partial charge in [-0.15, -0.1) is 0 Å². The monoisotopic (exact) mass is 170 g/mol. The molecule has 72 valence electrons. The van der Waals surface area contributed by atoms with E-state index >= 15 is 0 Å². The zero-order chi connectivity index (χ0) is 9.72. The summed E-state index contributed by atoms with van der Waals surface area (Å²) in [5, 5.41) is 7.81. The number of hydrogen-bond donors (Lipinski definition) is 1. The molecular formula is C10H22N2. The Balaban J connectivity index is 4.15. The van der Waals surface area contributed by atoms with Gasteiger partial charge in [-0.2, -0.15) is 0 Å². The second kappa shape index (κ2) is 5.18. The molecule has 0 radical (unpaired) electrons. The van der Waals surface area contributed by atoms with E-state index in [0.717, 1.165) is 18.7 Å². The minimum atomic E-state index is 0.343. The van der Waals surface area contributed by atoms with Gasteiger partial charge in [0.05, 0.1) is 5.84 Å². The summed E-state index contributed by atoms with van der Waals surface area (Å²) in [6.07, 6.45) is 2.25. The summed E-state index contributed by atoms with van der Waals surface area (Å²) in [6.45, 7) is 8.50. The van der Waals surface area contributed by atoms with Gasteiger partial charge in [-0.1, -0.05) is 27.7 Å². The molecule has 2 nitrogen and oxygen atoms in total. The van der Waals surface area contributed by atoms with E-state index in [2.05, 4.69) is 32.6 Å². The highest BCUT2D eigenvalue weighted by atomic mass is 15.2. The van der Waals surface area contributed by atoms with E-state index in [9.17, 15) is 0 Å². The molecule has 0 atom stereocenters. The lowest BCUT2D eigenvalue weighted by atomic mass is 10.1. The molecule has 0 rings (SSSR count). The summed E-state index contributed by atoms with van der Waals surface area (Å²) in [4.78, 5) is 2.10. The SMILES string of the molecule is CCC(CC)N(C)C(=N)C(C)C. The molecule has 0 fully saturated rings. The van der Waals surface area contributed by atoms with Crippen LogP contribution in [-0.2, 0) is 0 Å². The van der Waals surface area contributed by atoms with Crippen LogP contribution in [0, 0.1) is 11.3 Å². The lowest BCUT2D eigenvalue weighted by Gasteiger charge is -2.30. The first-order chi connectivity index (χ1) is 5.54. The van der Waals surface area contributed by atoms with E-state index in [1.165, 1.54) is 0 Å². The predicted molar refractivity (Wildman–Crippen MR) is 54.7 cm³/mol. The van der Waals surface area contributed by atoms with Gasteiger partial charge < -0.3 is 4.90 Å². The third-order valence-electron chi connectivity index (χ3n) is 2.42. The van der Waals surface area contributed by atoms with Crippen molar-refractivity contribution in [1.29, 1.82) is 5.41 Å². The van der Waals surface area contributed by atoms with Crippen LogP contribution < -0.4 is 0 Å². The predicted octanol–water partition coefficient (Wildman–Crippen LogP) is 2.74. The number of amidine groups is 1. The van der Waals surface area contributed by atoms with Crippen LogP contribution in [0.4, 0.5) is 0 Å². The first-order valence-corrected chi connectivity index (χ1v) is 4.85. The van der Waals surface area contributed by atoms with Gasteiger partial charge in [0.2, 0.25) is 0 Å². The highest BCUT2D eigenvalue weighted by Crippen LogP contribution is 2.10. The summed E-state index contributed by atoms with van der Waals surface area (Å²) >= 11 is 0. The Kier molecular flexibility index (Phi) is 4.95. The van der Waals surface area contributed by atoms with Gasteiger partial charge in [-0.3, -0.25) is 5.41 Å². The summed E-state index contributed by atoms with van der Waals surface area (Å²) in [7, 11) is 2.03. The Hall–Kier alpha value is -0.530. The molecule has 0 aliphatic heterocycles. The van der Waals surface area contributed by atoms with Crippen LogP contribution >= 0.6 is 0 Å². The lowest BCUT2D eigenvalue weighted by Crippen LogP contribution is -2.38. The van der Waals surface area contributed by atoms with Crippen molar-refractivity contribution in [2.24, 2.45) is 5.92 Å². The van der Waals surface area contributed by atoms with E-state index in [1.807, 2.05) is 7.05 Å². The van der Waals surface area contributed by atoms with Crippen LogP contribution in [0.5, 0.6) is 0 Å². The quantitative estimate of drug-likeness (QED) is 0.510. The molecule has 0 aromatic heterocycles. The van der Waals surface area contributed by atoms with Gasteiger partial charge in [0.25, 0.3) is 0 Å². The van der Waals surface area contributed by atoms with Crippen LogP contribution in [0.2, 0.25) is 0 Å².